The number of rotatable bonds is 6. The molecule has 3 rings (SSSR count). The maximum Gasteiger partial charge on any atom is 0.0438 e. The van der Waals surface area contributed by atoms with Crippen molar-refractivity contribution in [3.63, 3.8) is 0 Å². The van der Waals surface area contributed by atoms with Crippen molar-refractivity contribution in [1.29, 1.82) is 0 Å². The predicted octanol–water partition coefficient (Wildman–Crippen LogP) is 6.93. The zero-order valence-corrected chi connectivity index (χ0v) is 18.2. The molecule has 146 valence electrons. The summed E-state index contributed by atoms with van der Waals surface area (Å²) in [7, 11) is 0. The van der Waals surface area contributed by atoms with E-state index < -0.39 is 0 Å². The topological polar surface area (TPSA) is 3.24 Å². The minimum atomic E-state index is 0.135. The van der Waals surface area contributed by atoms with E-state index in [1.165, 1.54) is 41.6 Å². The van der Waals surface area contributed by atoms with E-state index in [4.69, 9.17) is 0 Å². The molecular formula is C26H37N. The van der Waals surface area contributed by atoms with E-state index >= 15 is 0 Å². The Morgan fingerprint density at radius 3 is 1.93 bits per heavy atom. The van der Waals surface area contributed by atoms with Gasteiger partial charge in [-0.1, -0.05) is 82.1 Å². The summed E-state index contributed by atoms with van der Waals surface area (Å²) in [6.45, 7) is 14.4. The van der Waals surface area contributed by atoms with Gasteiger partial charge in [-0.3, -0.25) is 0 Å². The van der Waals surface area contributed by atoms with Crippen molar-refractivity contribution in [3.05, 3.63) is 65.2 Å². The van der Waals surface area contributed by atoms with E-state index in [9.17, 15) is 0 Å². The first-order valence-corrected chi connectivity index (χ1v) is 10.8. The Labute approximate surface area is 166 Å². The van der Waals surface area contributed by atoms with Crippen LogP contribution in [0.4, 0.5) is 5.69 Å². The molecule has 1 aliphatic rings. The van der Waals surface area contributed by atoms with Gasteiger partial charge in [-0.15, -0.1) is 0 Å². The van der Waals surface area contributed by atoms with Crippen LogP contribution in [-0.4, -0.2) is 11.6 Å². The molecule has 0 N–H and O–H groups in total. The van der Waals surface area contributed by atoms with E-state index in [1.807, 2.05) is 0 Å². The minimum Gasteiger partial charge on any atom is -0.362 e. The lowest BCUT2D eigenvalue weighted by Crippen LogP contribution is -2.45. The van der Waals surface area contributed by atoms with Crippen LogP contribution in [0.2, 0.25) is 0 Å². The molecule has 27 heavy (non-hydrogen) atoms. The quantitative estimate of drug-likeness (QED) is 0.538. The first-order valence-electron chi connectivity index (χ1n) is 10.8. The molecule has 0 amide bonds. The molecule has 0 aromatic heterocycles. The number of aryl methyl sites for hydroxylation is 2. The second-order valence-electron chi connectivity index (χ2n) is 9.24. The second kappa shape index (κ2) is 7.70. The van der Waals surface area contributed by atoms with Crippen LogP contribution < -0.4 is 4.90 Å². The number of hydrogen-bond acceptors (Lipinski definition) is 1. The maximum absolute atomic E-state index is 2.77. The maximum atomic E-state index is 2.77. The van der Waals surface area contributed by atoms with Gasteiger partial charge in [-0.2, -0.15) is 0 Å². The molecule has 1 fully saturated rings. The molecule has 0 saturated carbocycles. The highest BCUT2D eigenvalue weighted by Gasteiger charge is 2.52. The lowest BCUT2D eigenvalue weighted by Gasteiger charge is -2.41. The summed E-state index contributed by atoms with van der Waals surface area (Å²) >= 11 is 0. The second-order valence-corrected chi connectivity index (χ2v) is 9.24. The highest BCUT2D eigenvalue weighted by Crippen LogP contribution is 2.51. The Balaban J connectivity index is 2.14. The Hall–Kier alpha value is -1.76. The zero-order chi connectivity index (χ0) is 19.7. The number of benzene rings is 2. The van der Waals surface area contributed by atoms with Crippen LogP contribution >= 0.6 is 0 Å². The lowest BCUT2D eigenvalue weighted by molar-refractivity contribution is 0.421. The summed E-state index contributed by atoms with van der Waals surface area (Å²) in [5.74, 6) is 0. The van der Waals surface area contributed by atoms with Crippen molar-refractivity contribution in [1.82, 2.24) is 0 Å². The van der Waals surface area contributed by atoms with Crippen molar-refractivity contribution < 1.29 is 0 Å². The van der Waals surface area contributed by atoms with Gasteiger partial charge >= 0.3 is 0 Å². The molecule has 2 unspecified atom stereocenters. The number of hydrogen-bond donors (Lipinski definition) is 0. The molecule has 2 atom stereocenters. The Morgan fingerprint density at radius 2 is 1.41 bits per heavy atom. The lowest BCUT2D eigenvalue weighted by atomic mass is 9.74. The predicted molar refractivity (Wildman–Crippen MR) is 119 cm³/mol. The van der Waals surface area contributed by atoms with E-state index in [0.29, 0.717) is 6.04 Å². The van der Waals surface area contributed by atoms with Crippen LogP contribution in [0, 0.1) is 0 Å². The Kier molecular flexibility index (Phi) is 5.70. The average molecular weight is 364 g/mol. The summed E-state index contributed by atoms with van der Waals surface area (Å²) in [6.07, 6.45) is 5.89. The number of para-hydroxylation sites is 1. The van der Waals surface area contributed by atoms with E-state index in [1.54, 1.807) is 0 Å². The molecule has 2 aromatic rings. The van der Waals surface area contributed by atoms with Gasteiger partial charge < -0.3 is 4.90 Å². The fraction of sp³-hybridized carbons (Fsp3) is 0.538. The van der Waals surface area contributed by atoms with Gasteiger partial charge in [0.1, 0.15) is 0 Å². The summed E-state index contributed by atoms with van der Waals surface area (Å²) in [6, 6.07) is 18.6. The van der Waals surface area contributed by atoms with Crippen molar-refractivity contribution >= 4 is 5.69 Å². The smallest absolute Gasteiger partial charge is 0.0438 e. The number of nitrogens with zero attached hydrogens (tertiary/aromatic N) is 1. The van der Waals surface area contributed by atoms with Crippen molar-refractivity contribution in [2.24, 2.45) is 0 Å². The van der Waals surface area contributed by atoms with Crippen LogP contribution in [0.3, 0.4) is 0 Å². The van der Waals surface area contributed by atoms with Crippen LogP contribution in [0.1, 0.15) is 77.5 Å². The van der Waals surface area contributed by atoms with Crippen LogP contribution in [-0.2, 0) is 18.3 Å². The van der Waals surface area contributed by atoms with Crippen LogP contribution in [0.5, 0.6) is 0 Å². The average Bonchev–Trinajstić information content (AvgIpc) is 2.82. The van der Waals surface area contributed by atoms with Crippen LogP contribution in [0.15, 0.2) is 48.5 Å². The standard InChI is InChI=1S/C26H37N/c1-7-13-21-15-12-16-22(14-8-2)24(21)27-20(3)26(6,19-25(27,4)5)23-17-10-9-11-18-23/h9-12,15-18,20H,7-8,13-14,19H2,1-6H3. The van der Waals surface area contributed by atoms with Crippen molar-refractivity contribution in [2.75, 3.05) is 4.90 Å². The number of anilines is 1. The Bertz CT molecular complexity index is 737. The summed E-state index contributed by atoms with van der Waals surface area (Å²) in [4.78, 5) is 2.77. The molecule has 0 radical (unpaired) electrons. The van der Waals surface area contributed by atoms with E-state index in [0.717, 1.165) is 12.8 Å². The van der Waals surface area contributed by atoms with Gasteiger partial charge in [0.2, 0.25) is 0 Å². The largest absolute Gasteiger partial charge is 0.362 e. The van der Waals surface area contributed by atoms with Gasteiger partial charge in [-0.25, -0.2) is 0 Å². The highest BCUT2D eigenvalue weighted by atomic mass is 15.3. The highest BCUT2D eigenvalue weighted by molar-refractivity contribution is 5.64. The fourth-order valence-electron chi connectivity index (χ4n) is 5.50. The van der Waals surface area contributed by atoms with Gasteiger partial charge in [0.05, 0.1) is 0 Å². The molecule has 1 heterocycles. The summed E-state index contributed by atoms with van der Waals surface area (Å²) in [5.41, 5.74) is 6.35. The molecule has 0 aliphatic carbocycles. The summed E-state index contributed by atoms with van der Waals surface area (Å²) in [5, 5.41) is 0. The van der Waals surface area contributed by atoms with Crippen molar-refractivity contribution in [3.8, 4) is 0 Å². The molecular weight excluding hydrogens is 326 g/mol. The SMILES string of the molecule is CCCc1cccc(CCC)c1N1C(C)C(C)(c2ccccc2)CC1(C)C. The third-order valence-corrected chi connectivity index (χ3v) is 6.68. The molecule has 1 nitrogen and oxygen atoms in total. The third-order valence-electron chi connectivity index (χ3n) is 6.68. The molecule has 1 heteroatoms. The Morgan fingerprint density at radius 1 is 0.852 bits per heavy atom. The third kappa shape index (κ3) is 3.53. The van der Waals surface area contributed by atoms with Gasteiger partial charge in [-0.05, 0) is 56.7 Å². The van der Waals surface area contributed by atoms with Gasteiger partial charge in [0, 0.05) is 22.7 Å². The first-order chi connectivity index (χ1) is 12.8. The monoisotopic (exact) mass is 363 g/mol. The zero-order valence-electron chi connectivity index (χ0n) is 18.2. The van der Waals surface area contributed by atoms with Crippen LogP contribution in [0.25, 0.3) is 0 Å². The van der Waals surface area contributed by atoms with E-state index in [-0.39, 0.29) is 11.0 Å². The fourth-order valence-corrected chi connectivity index (χ4v) is 5.50. The molecule has 0 spiro atoms. The van der Waals surface area contributed by atoms with Gasteiger partial charge in [0.25, 0.3) is 0 Å². The molecule has 0 bridgehead atoms. The van der Waals surface area contributed by atoms with Gasteiger partial charge in [0.15, 0.2) is 0 Å². The van der Waals surface area contributed by atoms with Crippen molar-refractivity contribution in [2.45, 2.75) is 90.6 Å². The van der Waals surface area contributed by atoms with E-state index in [2.05, 4.69) is 95.0 Å². The minimum absolute atomic E-state index is 0.135. The first kappa shape index (κ1) is 20.0. The molecule has 2 aromatic carbocycles. The molecule has 1 aliphatic heterocycles. The summed E-state index contributed by atoms with van der Waals surface area (Å²) < 4.78 is 0. The molecule has 1 saturated heterocycles. The normalized spacial score (nSPS) is 24.4.